The zero-order valence-corrected chi connectivity index (χ0v) is 10.1. The first-order valence-corrected chi connectivity index (χ1v) is 6.36. The Bertz CT molecular complexity index is 314. The molecule has 0 aromatic heterocycles. The van der Waals surface area contributed by atoms with Crippen LogP contribution in [0.15, 0.2) is 24.3 Å². The maximum Gasteiger partial charge on any atom is 0.0369 e. The maximum atomic E-state index is 3.58. The normalized spacial score (nSPS) is 21.4. The van der Waals surface area contributed by atoms with E-state index in [1.807, 2.05) is 0 Å². The van der Waals surface area contributed by atoms with Gasteiger partial charge in [0, 0.05) is 12.2 Å². The summed E-state index contributed by atoms with van der Waals surface area (Å²) in [7, 11) is 0. The van der Waals surface area contributed by atoms with Crippen molar-refractivity contribution in [1.82, 2.24) is 5.32 Å². The minimum atomic E-state index is 0.828. The minimum Gasteiger partial charge on any atom is -0.385 e. The summed E-state index contributed by atoms with van der Waals surface area (Å²) in [6, 6.07) is 8.53. The summed E-state index contributed by atoms with van der Waals surface area (Å²) >= 11 is 0. The molecule has 88 valence electrons. The van der Waals surface area contributed by atoms with Gasteiger partial charge in [0.2, 0.25) is 0 Å². The summed E-state index contributed by atoms with van der Waals surface area (Å²) in [5.74, 6) is 0.828. The molecule has 1 saturated heterocycles. The summed E-state index contributed by atoms with van der Waals surface area (Å²) in [6.45, 7) is 5.66. The van der Waals surface area contributed by atoms with E-state index in [0.29, 0.717) is 0 Å². The fourth-order valence-electron chi connectivity index (χ4n) is 2.32. The van der Waals surface area contributed by atoms with Crippen molar-refractivity contribution >= 4 is 5.69 Å². The van der Waals surface area contributed by atoms with Crippen molar-refractivity contribution in [1.29, 1.82) is 0 Å². The van der Waals surface area contributed by atoms with Gasteiger partial charge >= 0.3 is 0 Å². The highest BCUT2D eigenvalue weighted by Crippen LogP contribution is 2.17. The lowest BCUT2D eigenvalue weighted by atomic mass is 10.0. The van der Waals surface area contributed by atoms with E-state index >= 15 is 0 Å². The summed E-state index contributed by atoms with van der Waals surface area (Å²) in [4.78, 5) is 0. The third-order valence-electron chi connectivity index (χ3n) is 3.42. The number of benzene rings is 1. The molecule has 2 nitrogen and oxygen atoms in total. The second-order valence-electron chi connectivity index (χ2n) is 4.74. The van der Waals surface area contributed by atoms with Crippen LogP contribution in [0.4, 0.5) is 5.69 Å². The molecule has 0 saturated carbocycles. The Morgan fingerprint density at radius 1 is 1.25 bits per heavy atom. The second kappa shape index (κ2) is 5.90. The third-order valence-corrected chi connectivity index (χ3v) is 3.42. The van der Waals surface area contributed by atoms with Gasteiger partial charge in [0.05, 0.1) is 0 Å². The molecule has 1 aliphatic heterocycles. The molecule has 0 aliphatic carbocycles. The van der Waals surface area contributed by atoms with E-state index in [1.165, 1.54) is 43.6 Å². The molecule has 2 rings (SSSR count). The summed E-state index contributed by atoms with van der Waals surface area (Å²) in [5, 5.41) is 7.04. The lowest BCUT2D eigenvalue weighted by Gasteiger charge is -2.16. The first-order chi connectivity index (χ1) is 7.86. The molecule has 2 N–H and O–H groups in total. The predicted octanol–water partition coefficient (Wildman–Crippen LogP) is 2.80. The quantitative estimate of drug-likeness (QED) is 0.815. The first kappa shape index (κ1) is 11.5. The Balaban J connectivity index is 1.84. The Kier molecular flexibility index (Phi) is 4.23. The van der Waals surface area contributed by atoms with Crippen LogP contribution >= 0.6 is 0 Å². The SMILES string of the molecule is Cc1ccccc1NCC1CCCNCC1. The number of rotatable bonds is 3. The Morgan fingerprint density at radius 2 is 2.12 bits per heavy atom. The molecule has 1 fully saturated rings. The number of hydrogen-bond acceptors (Lipinski definition) is 2. The molecule has 0 spiro atoms. The molecule has 1 aliphatic rings. The van der Waals surface area contributed by atoms with E-state index in [1.54, 1.807) is 0 Å². The molecule has 1 aromatic carbocycles. The molecule has 0 bridgehead atoms. The van der Waals surface area contributed by atoms with Crippen LogP contribution in [-0.2, 0) is 0 Å². The molecule has 1 unspecified atom stereocenters. The van der Waals surface area contributed by atoms with Gasteiger partial charge in [-0.15, -0.1) is 0 Å². The van der Waals surface area contributed by atoms with Gasteiger partial charge in [-0.05, 0) is 56.8 Å². The highest BCUT2D eigenvalue weighted by Gasteiger charge is 2.11. The van der Waals surface area contributed by atoms with Crippen molar-refractivity contribution in [2.75, 3.05) is 25.0 Å². The zero-order chi connectivity index (χ0) is 11.2. The van der Waals surface area contributed by atoms with E-state index in [-0.39, 0.29) is 0 Å². The first-order valence-electron chi connectivity index (χ1n) is 6.36. The Labute approximate surface area is 98.4 Å². The van der Waals surface area contributed by atoms with E-state index in [4.69, 9.17) is 0 Å². The standard InChI is InChI=1S/C14H22N2/c1-12-5-2-3-7-14(12)16-11-13-6-4-9-15-10-8-13/h2-3,5,7,13,15-16H,4,6,8-11H2,1H3. The molecule has 0 amide bonds. The Hall–Kier alpha value is -1.02. The van der Waals surface area contributed by atoms with Crippen molar-refractivity contribution < 1.29 is 0 Å². The summed E-state index contributed by atoms with van der Waals surface area (Å²) in [6.07, 6.45) is 3.98. The molecule has 1 aromatic rings. The predicted molar refractivity (Wildman–Crippen MR) is 69.9 cm³/mol. The number of hydrogen-bond donors (Lipinski definition) is 2. The van der Waals surface area contributed by atoms with Crippen molar-refractivity contribution in [2.24, 2.45) is 5.92 Å². The van der Waals surface area contributed by atoms with Gasteiger partial charge in [0.1, 0.15) is 0 Å². The van der Waals surface area contributed by atoms with Crippen molar-refractivity contribution in [3.05, 3.63) is 29.8 Å². The van der Waals surface area contributed by atoms with Gasteiger partial charge < -0.3 is 10.6 Å². The van der Waals surface area contributed by atoms with Crippen LogP contribution in [0.25, 0.3) is 0 Å². The number of aryl methyl sites for hydroxylation is 1. The van der Waals surface area contributed by atoms with Crippen LogP contribution in [0.3, 0.4) is 0 Å². The van der Waals surface area contributed by atoms with Crippen LogP contribution in [-0.4, -0.2) is 19.6 Å². The lowest BCUT2D eigenvalue weighted by Crippen LogP contribution is -2.17. The van der Waals surface area contributed by atoms with E-state index in [2.05, 4.69) is 41.8 Å². The molecular weight excluding hydrogens is 196 g/mol. The van der Waals surface area contributed by atoms with E-state index < -0.39 is 0 Å². The van der Waals surface area contributed by atoms with Crippen LogP contribution in [0.1, 0.15) is 24.8 Å². The van der Waals surface area contributed by atoms with E-state index in [0.717, 1.165) is 12.5 Å². The third kappa shape index (κ3) is 3.24. The second-order valence-corrected chi connectivity index (χ2v) is 4.74. The minimum absolute atomic E-state index is 0.828. The van der Waals surface area contributed by atoms with Gasteiger partial charge in [-0.1, -0.05) is 18.2 Å². The van der Waals surface area contributed by atoms with Gasteiger partial charge in [0.15, 0.2) is 0 Å². The number of anilines is 1. The molecule has 2 heteroatoms. The topological polar surface area (TPSA) is 24.1 Å². The van der Waals surface area contributed by atoms with Gasteiger partial charge in [-0.25, -0.2) is 0 Å². The average Bonchev–Trinajstić information content (AvgIpc) is 2.56. The highest BCUT2D eigenvalue weighted by atomic mass is 14.9. The van der Waals surface area contributed by atoms with Crippen LogP contribution in [0.5, 0.6) is 0 Å². The molecule has 0 radical (unpaired) electrons. The zero-order valence-electron chi connectivity index (χ0n) is 10.1. The highest BCUT2D eigenvalue weighted by molar-refractivity contribution is 5.50. The van der Waals surface area contributed by atoms with Crippen LogP contribution in [0.2, 0.25) is 0 Å². The fourth-order valence-corrected chi connectivity index (χ4v) is 2.32. The van der Waals surface area contributed by atoms with Crippen LogP contribution < -0.4 is 10.6 Å². The van der Waals surface area contributed by atoms with Gasteiger partial charge in [0.25, 0.3) is 0 Å². The average molecular weight is 218 g/mol. The molecule has 16 heavy (non-hydrogen) atoms. The van der Waals surface area contributed by atoms with Crippen molar-refractivity contribution in [3.8, 4) is 0 Å². The van der Waals surface area contributed by atoms with E-state index in [9.17, 15) is 0 Å². The van der Waals surface area contributed by atoms with Crippen molar-refractivity contribution in [3.63, 3.8) is 0 Å². The van der Waals surface area contributed by atoms with Gasteiger partial charge in [-0.2, -0.15) is 0 Å². The fraction of sp³-hybridized carbons (Fsp3) is 0.571. The maximum absolute atomic E-state index is 3.58. The van der Waals surface area contributed by atoms with Crippen LogP contribution in [0, 0.1) is 12.8 Å². The van der Waals surface area contributed by atoms with Gasteiger partial charge in [-0.3, -0.25) is 0 Å². The lowest BCUT2D eigenvalue weighted by molar-refractivity contribution is 0.496. The number of para-hydroxylation sites is 1. The molecule has 1 heterocycles. The Morgan fingerprint density at radius 3 is 3.00 bits per heavy atom. The van der Waals surface area contributed by atoms with Crippen molar-refractivity contribution in [2.45, 2.75) is 26.2 Å². The monoisotopic (exact) mass is 218 g/mol. The summed E-state index contributed by atoms with van der Waals surface area (Å²) in [5.41, 5.74) is 2.63. The number of nitrogens with one attached hydrogen (secondary N) is 2. The molecule has 1 atom stereocenters. The molecular formula is C14H22N2. The summed E-state index contributed by atoms with van der Waals surface area (Å²) < 4.78 is 0. The smallest absolute Gasteiger partial charge is 0.0369 e. The largest absolute Gasteiger partial charge is 0.385 e.